The summed E-state index contributed by atoms with van der Waals surface area (Å²) >= 11 is 0. The van der Waals surface area contributed by atoms with E-state index in [-0.39, 0.29) is 0 Å². The molecule has 0 aliphatic heterocycles. The largest absolute Gasteiger partial charge is 0.416 e. The summed E-state index contributed by atoms with van der Waals surface area (Å²) in [4.78, 5) is 0. The van der Waals surface area contributed by atoms with E-state index in [1.54, 1.807) is 12.1 Å². The van der Waals surface area contributed by atoms with Crippen LogP contribution in [0.3, 0.4) is 0 Å². The quantitative estimate of drug-likeness (QED) is 0.842. The minimum Gasteiger partial charge on any atom is -0.314 e. The van der Waals surface area contributed by atoms with Crippen LogP contribution in [0.1, 0.15) is 43.2 Å². The molecule has 1 atom stereocenters. The van der Waals surface area contributed by atoms with Crippen LogP contribution in [-0.2, 0) is 6.18 Å². The van der Waals surface area contributed by atoms with Crippen molar-refractivity contribution >= 4 is 0 Å². The van der Waals surface area contributed by atoms with Crippen molar-refractivity contribution in [3.05, 3.63) is 35.4 Å². The van der Waals surface area contributed by atoms with E-state index in [0.29, 0.717) is 12.0 Å². The molecule has 0 radical (unpaired) electrons. The summed E-state index contributed by atoms with van der Waals surface area (Å²) in [5.74, 6) is 0.290. The van der Waals surface area contributed by atoms with Gasteiger partial charge < -0.3 is 5.32 Å². The Balaban J connectivity index is 1.87. The van der Waals surface area contributed by atoms with Crippen LogP contribution < -0.4 is 5.32 Å². The lowest BCUT2D eigenvalue weighted by molar-refractivity contribution is -0.137. The number of rotatable bonds is 5. The van der Waals surface area contributed by atoms with Crippen molar-refractivity contribution in [3.8, 4) is 0 Å². The fraction of sp³-hybridized carbons (Fsp3) is 0.571. The Hall–Kier alpha value is -1.03. The van der Waals surface area contributed by atoms with E-state index in [9.17, 15) is 13.2 Å². The highest BCUT2D eigenvalue weighted by atomic mass is 19.4. The van der Waals surface area contributed by atoms with Crippen molar-refractivity contribution < 1.29 is 13.2 Å². The monoisotopic (exact) mass is 257 g/mol. The maximum atomic E-state index is 12.4. The van der Waals surface area contributed by atoms with Crippen molar-refractivity contribution in [3.63, 3.8) is 0 Å². The number of hydrogen-bond donors (Lipinski definition) is 1. The predicted molar refractivity (Wildman–Crippen MR) is 65.5 cm³/mol. The second kappa shape index (κ2) is 5.31. The van der Waals surface area contributed by atoms with Gasteiger partial charge in [0.15, 0.2) is 0 Å². The zero-order chi connectivity index (χ0) is 13.2. The van der Waals surface area contributed by atoms with Gasteiger partial charge in [0, 0.05) is 6.04 Å². The number of hydrogen-bond acceptors (Lipinski definition) is 1. The predicted octanol–water partition coefficient (Wildman–Crippen LogP) is 3.95. The fourth-order valence-electron chi connectivity index (χ4n) is 1.96. The smallest absolute Gasteiger partial charge is 0.314 e. The first kappa shape index (κ1) is 13.4. The second-order valence-electron chi connectivity index (χ2n) is 5.04. The Morgan fingerprint density at radius 2 is 1.83 bits per heavy atom. The summed E-state index contributed by atoms with van der Waals surface area (Å²) in [5.41, 5.74) is 0.398. The Kier molecular flexibility index (Phi) is 3.95. The Bertz CT molecular complexity index is 379. The first-order valence-corrected chi connectivity index (χ1v) is 6.37. The van der Waals surface area contributed by atoms with Gasteiger partial charge >= 0.3 is 6.18 Å². The molecule has 1 fully saturated rings. The second-order valence-corrected chi connectivity index (χ2v) is 5.04. The molecule has 1 aromatic rings. The van der Waals surface area contributed by atoms with Crippen molar-refractivity contribution in [2.24, 2.45) is 0 Å². The van der Waals surface area contributed by atoms with Crippen LogP contribution in [0.5, 0.6) is 0 Å². The number of alkyl halides is 3. The van der Waals surface area contributed by atoms with Crippen LogP contribution in [0.15, 0.2) is 24.3 Å². The zero-order valence-electron chi connectivity index (χ0n) is 10.4. The molecule has 4 heteroatoms. The molecular weight excluding hydrogens is 239 g/mol. The summed E-state index contributed by atoms with van der Waals surface area (Å²) in [7, 11) is 0. The average molecular weight is 257 g/mol. The highest BCUT2D eigenvalue weighted by Gasteiger charge is 2.30. The topological polar surface area (TPSA) is 12.0 Å². The van der Waals surface area contributed by atoms with Gasteiger partial charge in [-0.2, -0.15) is 13.2 Å². The SMILES string of the molecule is CC(CCNC1CC1)c1ccc(C(F)(F)F)cc1. The van der Waals surface area contributed by atoms with E-state index in [1.807, 2.05) is 0 Å². The molecule has 0 amide bonds. The highest BCUT2D eigenvalue weighted by Crippen LogP contribution is 2.30. The van der Waals surface area contributed by atoms with E-state index in [0.717, 1.165) is 18.5 Å². The maximum Gasteiger partial charge on any atom is 0.416 e. The van der Waals surface area contributed by atoms with Crippen LogP contribution in [-0.4, -0.2) is 12.6 Å². The minimum atomic E-state index is -4.24. The lowest BCUT2D eigenvalue weighted by Gasteiger charge is -2.13. The summed E-state index contributed by atoms with van der Waals surface area (Å²) < 4.78 is 37.2. The molecule has 1 aliphatic carbocycles. The molecule has 1 saturated carbocycles. The third kappa shape index (κ3) is 3.73. The first-order chi connectivity index (χ1) is 8.47. The van der Waals surface area contributed by atoms with Gasteiger partial charge in [0.1, 0.15) is 0 Å². The van der Waals surface area contributed by atoms with Gasteiger partial charge in [-0.3, -0.25) is 0 Å². The van der Waals surface area contributed by atoms with Gasteiger partial charge in [-0.25, -0.2) is 0 Å². The van der Waals surface area contributed by atoms with Crippen molar-refractivity contribution in [1.82, 2.24) is 5.32 Å². The van der Waals surface area contributed by atoms with Crippen LogP contribution in [0.4, 0.5) is 13.2 Å². The lowest BCUT2D eigenvalue weighted by Crippen LogP contribution is -2.19. The molecule has 1 aromatic carbocycles. The summed E-state index contributed by atoms with van der Waals surface area (Å²) in [6.45, 7) is 2.99. The van der Waals surface area contributed by atoms with E-state index in [1.165, 1.54) is 25.0 Å². The lowest BCUT2D eigenvalue weighted by atomic mass is 9.96. The molecule has 0 heterocycles. The van der Waals surface area contributed by atoms with E-state index >= 15 is 0 Å². The van der Waals surface area contributed by atoms with Crippen LogP contribution in [0.2, 0.25) is 0 Å². The normalized spacial score (nSPS) is 17.8. The van der Waals surface area contributed by atoms with Crippen molar-refractivity contribution in [2.75, 3.05) is 6.54 Å². The zero-order valence-corrected chi connectivity index (χ0v) is 10.4. The van der Waals surface area contributed by atoms with Gasteiger partial charge in [-0.15, -0.1) is 0 Å². The van der Waals surface area contributed by atoms with Gasteiger partial charge in [0.2, 0.25) is 0 Å². The molecule has 1 unspecified atom stereocenters. The van der Waals surface area contributed by atoms with Crippen LogP contribution >= 0.6 is 0 Å². The standard InChI is InChI=1S/C14H18F3N/c1-10(8-9-18-13-6-7-13)11-2-4-12(5-3-11)14(15,16)17/h2-5,10,13,18H,6-9H2,1H3. The van der Waals surface area contributed by atoms with E-state index in [2.05, 4.69) is 12.2 Å². The van der Waals surface area contributed by atoms with Gasteiger partial charge in [0.05, 0.1) is 5.56 Å². The van der Waals surface area contributed by atoms with Gasteiger partial charge in [-0.1, -0.05) is 19.1 Å². The molecule has 0 saturated heterocycles. The molecule has 2 rings (SSSR count). The van der Waals surface area contributed by atoms with E-state index < -0.39 is 11.7 Å². The summed E-state index contributed by atoms with van der Waals surface area (Å²) in [6, 6.07) is 6.19. The number of benzene rings is 1. The molecular formula is C14H18F3N. The number of halogens is 3. The Morgan fingerprint density at radius 3 is 2.33 bits per heavy atom. The molecule has 100 valence electrons. The minimum absolute atomic E-state index is 0.290. The Labute approximate surface area is 105 Å². The fourth-order valence-corrected chi connectivity index (χ4v) is 1.96. The van der Waals surface area contributed by atoms with Gasteiger partial charge in [-0.05, 0) is 49.4 Å². The summed E-state index contributed by atoms with van der Waals surface area (Å²) in [6.07, 6.45) is -0.763. The van der Waals surface area contributed by atoms with Crippen LogP contribution in [0.25, 0.3) is 0 Å². The third-order valence-corrected chi connectivity index (χ3v) is 3.39. The molecule has 0 aromatic heterocycles. The van der Waals surface area contributed by atoms with E-state index in [4.69, 9.17) is 0 Å². The Morgan fingerprint density at radius 1 is 1.22 bits per heavy atom. The number of nitrogens with one attached hydrogen (secondary N) is 1. The van der Waals surface area contributed by atoms with Crippen LogP contribution in [0, 0.1) is 0 Å². The molecule has 18 heavy (non-hydrogen) atoms. The average Bonchev–Trinajstić information content (AvgIpc) is 3.12. The molecule has 1 N–H and O–H groups in total. The maximum absolute atomic E-state index is 12.4. The summed E-state index contributed by atoms with van der Waals surface area (Å²) in [5, 5.41) is 3.41. The molecule has 0 spiro atoms. The first-order valence-electron chi connectivity index (χ1n) is 6.37. The van der Waals surface area contributed by atoms with Crippen molar-refractivity contribution in [1.29, 1.82) is 0 Å². The van der Waals surface area contributed by atoms with Crippen molar-refractivity contribution in [2.45, 2.75) is 44.3 Å². The molecule has 1 aliphatic rings. The van der Waals surface area contributed by atoms with Gasteiger partial charge in [0.25, 0.3) is 0 Å². The molecule has 0 bridgehead atoms. The molecule has 1 nitrogen and oxygen atoms in total. The third-order valence-electron chi connectivity index (χ3n) is 3.39. The highest BCUT2D eigenvalue weighted by molar-refractivity contribution is 5.26.